The van der Waals surface area contributed by atoms with Crippen LogP contribution in [0.2, 0.25) is 0 Å². The van der Waals surface area contributed by atoms with Crippen molar-refractivity contribution in [3.8, 4) is 0 Å². The topological polar surface area (TPSA) is 37.3 Å². The second-order valence-electron chi connectivity index (χ2n) is 11.0. The predicted octanol–water partition coefficient (Wildman–Crippen LogP) is 12.3. The van der Waals surface area contributed by atoms with Crippen LogP contribution in [-0.4, -0.2) is 11.1 Å². The Morgan fingerprint density at radius 2 is 0.868 bits per heavy atom. The Balaban J connectivity index is 3.54. The number of unbranched alkanes of at least 4 members (excludes halogenated alkanes) is 16. The second kappa shape index (κ2) is 31.6. The van der Waals surface area contributed by atoms with Gasteiger partial charge < -0.3 is 5.11 Å². The van der Waals surface area contributed by atoms with E-state index in [4.69, 9.17) is 0 Å². The number of carboxylic acids is 1. The Kier molecular flexibility index (Phi) is 30.3. The Morgan fingerprint density at radius 3 is 1.32 bits per heavy atom. The Bertz CT molecular complexity index is 598. The molecule has 2 heteroatoms. The van der Waals surface area contributed by atoms with Crippen molar-refractivity contribution in [1.82, 2.24) is 0 Å². The molecule has 1 unspecified atom stereocenters. The average molecular weight is 529 g/mol. The highest BCUT2D eigenvalue weighted by Gasteiger charge is 2.16. The Hall–Kier alpha value is -1.57. The fraction of sp³-hybridized carbons (Fsp3) is 0.750. The molecule has 38 heavy (non-hydrogen) atoms. The molecule has 0 radical (unpaired) electrons. The summed E-state index contributed by atoms with van der Waals surface area (Å²) < 4.78 is 0. The maximum Gasteiger partial charge on any atom is 0.306 e. The van der Waals surface area contributed by atoms with Crippen LogP contribution < -0.4 is 0 Å². The lowest BCUT2D eigenvalue weighted by Gasteiger charge is -2.12. The van der Waals surface area contributed by atoms with Crippen LogP contribution in [0, 0.1) is 5.92 Å². The van der Waals surface area contributed by atoms with Crippen LogP contribution in [-0.2, 0) is 4.79 Å². The molecule has 0 saturated heterocycles. The van der Waals surface area contributed by atoms with E-state index in [1.807, 2.05) is 0 Å². The molecular weight excluding hydrogens is 464 g/mol. The molecule has 0 rings (SSSR count). The molecule has 2 nitrogen and oxygen atoms in total. The van der Waals surface area contributed by atoms with Gasteiger partial charge in [0, 0.05) is 0 Å². The molecule has 0 aliphatic heterocycles. The van der Waals surface area contributed by atoms with Gasteiger partial charge in [0.2, 0.25) is 0 Å². The molecule has 0 heterocycles. The van der Waals surface area contributed by atoms with Crippen molar-refractivity contribution in [2.75, 3.05) is 0 Å². The van der Waals surface area contributed by atoms with Gasteiger partial charge in [0.25, 0.3) is 0 Å². The van der Waals surface area contributed by atoms with E-state index < -0.39 is 5.97 Å². The number of aliphatic carboxylic acids is 1. The normalized spacial score (nSPS) is 13.1. The molecule has 1 atom stereocenters. The van der Waals surface area contributed by atoms with Crippen molar-refractivity contribution >= 4 is 5.97 Å². The van der Waals surface area contributed by atoms with Gasteiger partial charge in [-0.2, -0.15) is 0 Å². The quantitative estimate of drug-likeness (QED) is 0.0774. The van der Waals surface area contributed by atoms with E-state index >= 15 is 0 Å². The van der Waals surface area contributed by atoms with Crippen molar-refractivity contribution in [2.45, 2.75) is 168 Å². The monoisotopic (exact) mass is 528 g/mol. The van der Waals surface area contributed by atoms with Crippen LogP contribution in [0.4, 0.5) is 0 Å². The Labute approximate surface area is 238 Å². The number of rotatable bonds is 29. The first-order valence-electron chi connectivity index (χ1n) is 16.5. The maximum atomic E-state index is 11.6. The number of carbonyl (C=O) groups is 1. The summed E-state index contributed by atoms with van der Waals surface area (Å²) in [5, 5.41) is 9.58. The van der Waals surface area contributed by atoms with Crippen LogP contribution >= 0.6 is 0 Å². The zero-order chi connectivity index (χ0) is 27.8. The van der Waals surface area contributed by atoms with Crippen LogP contribution in [0.25, 0.3) is 0 Å². The van der Waals surface area contributed by atoms with Crippen molar-refractivity contribution in [1.29, 1.82) is 0 Å². The predicted molar refractivity (Wildman–Crippen MR) is 170 cm³/mol. The molecule has 220 valence electrons. The molecule has 0 aliphatic carbocycles. The van der Waals surface area contributed by atoms with Gasteiger partial charge >= 0.3 is 5.97 Å². The summed E-state index contributed by atoms with van der Waals surface area (Å²) in [7, 11) is 0. The summed E-state index contributed by atoms with van der Waals surface area (Å²) in [6.07, 6.45) is 47.1. The first-order chi connectivity index (χ1) is 18.7. The van der Waals surface area contributed by atoms with Gasteiger partial charge in [-0.1, -0.05) is 146 Å². The lowest BCUT2D eigenvalue weighted by molar-refractivity contribution is -0.142. The smallest absolute Gasteiger partial charge is 0.306 e. The summed E-state index contributed by atoms with van der Waals surface area (Å²) in [4.78, 5) is 11.6. The average Bonchev–Trinajstić information content (AvgIpc) is 2.91. The second-order valence-corrected chi connectivity index (χ2v) is 11.0. The zero-order valence-electron chi connectivity index (χ0n) is 25.5. The Morgan fingerprint density at radius 1 is 0.500 bits per heavy atom. The molecule has 0 amide bonds. The van der Waals surface area contributed by atoms with Crippen molar-refractivity contribution in [3.63, 3.8) is 0 Å². The van der Waals surface area contributed by atoms with Crippen molar-refractivity contribution < 1.29 is 9.90 Å². The standard InChI is InChI=1S/C36H64O2/c1-3-5-7-9-11-13-15-17-19-20-22-24-26-28-30-32-34-35(36(37)38)33-31-29-27-25-23-21-18-16-14-12-10-8-6-4-2/h5,7,11,13,17-19,21,35H,3-4,6,8-10,12,14-16,20,22-34H2,1-2H3,(H,37,38). The SMILES string of the molecule is CCC=CCC=CCC=CCCCCCCCCC(CCCCCCC=CCCCCCCCC)C(=O)O. The van der Waals surface area contributed by atoms with Crippen LogP contribution in [0.15, 0.2) is 48.6 Å². The molecular formula is C36H64O2. The molecule has 0 spiro atoms. The number of carboxylic acid groups (broad SMARTS) is 1. The van der Waals surface area contributed by atoms with E-state index in [1.165, 1.54) is 109 Å². The highest BCUT2D eigenvalue weighted by Crippen LogP contribution is 2.19. The minimum atomic E-state index is -0.582. The van der Waals surface area contributed by atoms with E-state index in [0.717, 1.165) is 44.9 Å². The van der Waals surface area contributed by atoms with Crippen LogP contribution in [0.1, 0.15) is 168 Å². The van der Waals surface area contributed by atoms with E-state index in [-0.39, 0.29) is 5.92 Å². The molecule has 0 bridgehead atoms. The van der Waals surface area contributed by atoms with Gasteiger partial charge in [0.1, 0.15) is 0 Å². The van der Waals surface area contributed by atoms with Crippen molar-refractivity contribution in [3.05, 3.63) is 48.6 Å². The molecule has 0 saturated carbocycles. The molecule has 0 aliphatic rings. The largest absolute Gasteiger partial charge is 0.481 e. The number of allylic oxidation sites excluding steroid dienone is 8. The minimum absolute atomic E-state index is 0.130. The summed E-state index contributed by atoms with van der Waals surface area (Å²) in [6, 6.07) is 0. The summed E-state index contributed by atoms with van der Waals surface area (Å²) in [5.41, 5.74) is 0. The first kappa shape index (κ1) is 36.4. The third-order valence-electron chi connectivity index (χ3n) is 7.37. The lowest BCUT2D eigenvalue weighted by Crippen LogP contribution is -2.13. The molecule has 1 N–H and O–H groups in total. The fourth-order valence-corrected chi connectivity index (χ4v) is 4.86. The maximum absolute atomic E-state index is 11.6. The third kappa shape index (κ3) is 29.0. The van der Waals surface area contributed by atoms with Gasteiger partial charge in [-0.3, -0.25) is 4.79 Å². The third-order valence-corrected chi connectivity index (χ3v) is 7.37. The van der Waals surface area contributed by atoms with Gasteiger partial charge in [-0.05, 0) is 70.6 Å². The van der Waals surface area contributed by atoms with Gasteiger partial charge in [0.05, 0.1) is 5.92 Å². The van der Waals surface area contributed by atoms with Gasteiger partial charge in [0.15, 0.2) is 0 Å². The summed E-state index contributed by atoms with van der Waals surface area (Å²) >= 11 is 0. The molecule has 0 aromatic heterocycles. The molecule has 0 aromatic rings. The van der Waals surface area contributed by atoms with E-state index in [9.17, 15) is 9.90 Å². The van der Waals surface area contributed by atoms with Gasteiger partial charge in [-0.25, -0.2) is 0 Å². The summed E-state index contributed by atoms with van der Waals surface area (Å²) in [6.45, 7) is 4.44. The molecule has 0 fully saturated rings. The van der Waals surface area contributed by atoms with Gasteiger partial charge in [-0.15, -0.1) is 0 Å². The van der Waals surface area contributed by atoms with E-state index in [2.05, 4.69) is 62.5 Å². The first-order valence-corrected chi connectivity index (χ1v) is 16.5. The summed E-state index contributed by atoms with van der Waals surface area (Å²) in [5.74, 6) is -0.712. The zero-order valence-corrected chi connectivity index (χ0v) is 25.5. The highest BCUT2D eigenvalue weighted by molar-refractivity contribution is 5.69. The fourth-order valence-electron chi connectivity index (χ4n) is 4.86. The number of hydrogen-bond acceptors (Lipinski definition) is 1. The molecule has 0 aromatic carbocycles. The van der Waals surface area contributed by atoms with E-state index in [0.29, 0.717) is 0 Å². The minimum Gasteiger partial charge on any atom is -0.481 e. The van der Waals surface area contributed by atoms with E-state index in [1.54, 1.807) is 0 Å². The van der Waals surface area contributed by atoms with Crippen LogP contribution in [0.5, 0.6) is 0 Å². The van der Waals surface area contributed by atoms with Crippen LogP contribution in [0.3, 0.4) is 0 Å². The highest BCUT2D eigenvalue weighted by atomic mass is 16.4. The number of hydrogen-bond donors (Lipinski definition) is 1. The lowest BCUT2D eigenvalue weighted by atomic mass is 9.94. The van der Waals surface area contributed by atoms with Crippen molar-refractivity contribution in [2.24, 2.45) is 5.92 Å².